The van der Waals surface area contributed by atoms with Gasteiger partial charge in [-0.05, 0) is 66.4 Å². The molecule has 42 heavy (non-hydrogen) atoms. The van der Waals surface area contributed by atoms with E-state index in [1.807, 2.05) is 83.9 Å². The Morgan fingerprint density at radius 3 is 2.12 bits per heavy atom. The molecular formula is C37H35N3O2. The van der Waals surface area contributed by atoms with Crippen LogP contribution < -0.4 is 4.90 Å². The zero-order valence-electron chi connectivity index (χ0n) is 24.1. The van der Waals surface area contributed by atoms with Crippen molar-refractivity contribution in [3.63, 3.8) is 0 Å². The van der Waals surface area contributed by atoms with Gasteiger partial charge in [-0.2, -0.15) is 0 Å². The van der Waals surface area contributed by atoms with E-state index < -0.39 is 0 Å². The summed E-state index contributed by atoms with van der Waals surface area (Å²) in [6, 6.07) is 38.0. The Labute approximate surface area is 247 Å². The Balaban J connectivity index is 1.34. The first-order valence-electron chi connectivity index (χ1n) is 14.6. The fraction of sp³-hybridized carbons (Fsp3) is 0.189. The summed E-state index contributed by atoms with van der Waals surface area (Å²) in [6.45, 7) is 4.68. The Morgan fingerprint density at radius 2 is 1.40 bits per heavy atom. The lowest BCUT2D eigenvalue weighted by atomic mass is 9.97. The first-order chi connectivity index (χ1) is 20.5. The molecule has 0 fully saturated rings. The average Bonchev–Trinajstić information content (AvgIpc) is 3.53. The number of carbonyl (C=O) groups excluding carboxylic acids is 2. The lowest BCUT2D eigenvalue weighted by Crippen LogP contribution is -2.47. The van der Waals surface area contributed by atoms with E-state index in [4.69, 9.17) is 0 Å². The van der Waals surface area contributed by atoms with Gasteiger partial charge in [0.15, 0.2) is 0 Å². The van der Waals surface area contributed by atoms with Crippen LogP contribution in [-0.4, -0.2) is 34.4 Å². The summed E-state index contributed by atoms with van der Waals surface area (Å²) in [6.07, 6.45) is 3.80. The number of unbranched alkanes of at least 4 members (excludes halogenated alkanes) is 1. The van der Waals surface area contributed by atoms with Crippen molar-refractivity contribution in [3.05, 3.63) is 144 Å². The van der Waals surface area contributed by atoms with Crippen LogP contribution in [0.2, 0.25) is 0 Å². The summed E-state index contributed by atoms with van der Waals surface area (Å²) >= 11 is 0. The second kappa shape index (κ2) is 11.9. The Kier molecular flexibility index (Phi) is 7.74. The quantitative estimate of drug-likeness (QED) is 0.197. The molecule has 1 atom stereocenters. The summed E-state index contributed by atoms with van der Waals surface area (Å²) in [5, 5.41) is 0. The fourth-order valence-electron chi connectivity index (χ4n) is 5.79. The molecule has 0 N–H and O–H groups in total. The third-order valence-corrected chi connectivity index (χ3v) is 8.02. The van der Waals surface area contributed by atoms with Crippen LogP contribution in [0.15, 0.2) is 121 Å². The lowest BCUT2D eigenvalue weighted by molar-refractivity contribution is -0.119. The molecule has 4 aromatic carbocycles. The van der Waals surface area contributed by atoms with Crippen LogP contribution in [0.4, 0.5) is 5.69 Å². The smallest absolute Gasteiger partial charge is 0.254 e. The first-order valence-corrected chi connectivity index (χ1v) is 14.6. The number of aryl methyl sites for hydroxylation is 1. The summed E-state index contributed by atoms with van der Waals surface area (Å²) in [7, 11) is 0. The molecule has 1 aliphatic heterocycles. The van der Waals surface area contributed by atoms with Gasteiger partial charge in [-0.3, -0.25) is 14.5 Å². The van der Waals surface area contributed by atoms with E-state index in [9.17, 15) is 9.59 Å². The maximum absolute atomic E-state index is 14.4. The molecule has 0 aliphatic carbocycles. The van der Waals surface area contributed by atoms with Crippen molar-refractivity contribution in [1.82, 2.24) is 9.47 Å². The van der Waals surface area contributed by atoms with Crippen molar-refractivity contribution in [2.75, 3.05) is 18.0 Å². The van der Waals surface area contributed by atoms with E-state index in [2.05, 4.69) is 60.9 Å². The van der Waals surface area contributed by atoms with Gasteiger partial charge in [-0.15, -0.1) is 0 Å². The standard InChI is InChI=1S/C37H35N3O2/c1-3-4-24-38(37(42)31-22-20-29(21-23-31)28-11-6-5-7-12-28)26-35(41)40-33-14-9-8-13-32(33)39-25-10-15-34(39)36(40)30-18-16-27(2)17-19-30/h5-23,25,36H,3-4,24,26H2,1-2H3. The average molecular weight is 554 g/mol. The van der Waals surface area contributed by atoms with E-state index in [1.54, 1.807) is 4.90 Å². The molecule has 2 amide bonds. The molecule has 0 saturated heterocycles. The zero-order chi connectivity index (χ0) is 29.1. The van der Waals surface area contributed by atoms with Crippen LogP contribution >= 0.6 is 0 Å². The van der Waals surface area contributed by atoms with Gasteiger partial charge in [0.2, 0.25) is 5.91 Å². The number of hydrogen-bond acceptors (Lipinski definition) is 2. The molecule has 2 heterocycles. The van der Waals surface area contributed by atoms with Gasteiger partial charge in [0, 0.05) is 18.3 Å². The van der Waals surface area contributed by atoms with Gasteiger partial charge in [-0.1, -0.05) is 97.8 Å². The number of anilines is 1. The van der Waals surface area contributed by atoms with E-state index in [0.717, 1.165) is 52.2 Å². The van der Waals surface area contributed by atoms with Gasteiger partial charge < -0.3 is 9.47 Å². The number of carbonyl (C=O) groups is 2. The maximum atomic E-state index is 14.4. The Hall–Kier alpha value is -4.90. The molecule has 1 aliphatic rings. The van der Waals surface area contributed by atoms with Crippen molar-refractivity contribution in [2.45, 2.75) is 32.7 Å². The summed E-state index contributed by atoms with van der Waals surface area (Å²) < 4.78 is 2.16. The molecule has 5 aromatic rings. The topological polar surface area (TPSA) is 45.6 Å². The zero-order valence-corrected chi connectivity index (χ0v) is 24.1. The number of para-hydroxylation sites is 2. The number of nitrogens with zero attached hydrogens (tertiary/aromatic N) is 3. The molecule has 210 valence electrons. The minimum absolute atomic E-state index is 0.00330. The number of fused-ring (bicyclic) bond motifs is 3. The molecular weight excluding hydrogens is 518 g/mol. The van der Waals surface area contributed by atoms with Crippen LogP contribution in [0.5, 0.6) is 0 Å². The van der Waals surface area contributed by atoms with Crippen LogP contribution in [0, 0.1) is 6.92 Å². The fourth-order valence-corrected chi connectivity index (χ4v) is 5.79. The maximum Gasteiger partial charge on any atom is 0.254 e. The second-order valence-corrected chi connectivity index (χ2v) is 10.9. The molecule has 6 rings (SSSR count). The van der Waals surface area contributed by atoms with Gasteiger partial charge in [0.05, 0.1) is 17.1 Å². The third kappa shape index (κ3) is 5.26. The highest BCUT2D eigenvalue weighted by molar-refractivity contribution is 6.02. The molecule has 1 unspecified atom stereocenters. The normalized spacial score (nSPS) is 13.8. The molecule has 0 radical (unpaired) electrons. The largest absolute Gasteiger partial charge is 0.329 e. The highest BCUT2D eigenvalue weighted by Crippen LogP contribution is 2.42. The minimum Gasteiger partial charge on any atom is -0.329 e. The van der Waals surface area contributed by atoms with E-state index in [1.165, 1.54) is 0 Å². The van der Waals surface area contributed by atoms with Crippen molar-refractivity contribution < 1.29 is 9.59 Å². The first kappa shape index (κ1) is 27.3. The van der Waals surface area contributed by atoms with Gasteiger partial charge in [0.1, 0.15) is 12.6 Å². The predicted molar refractivity (Wildman–Crippen MR) is 169 cm³/mol. The Morgan fingerprint density at radius 1 is 0.738 bits per heavy atom. The molecule has 5 nitrogen and oxygen atoms in total. The van der Waals surface area contributed by atoms with Crippen molar-refractivity contribution in [3.8, 4) is 16.8 Å². The molecule has 0 spiro atoms. The van der Waals surface area contributed by atoms with Crippen molar-refractivity contribution in [1.29, 1.82) is 0 Å². The SMILES string of the molecule is CCCCN(CC(=O)N1c2ccccc2-n2cccc2C1c1ccc(C)cc1)C(=O)c1ccc(-c2ccccc2)cc1. The number of benzene rings is 4. The van der Waals surface area contributed by atoms with Crippen molar-refractivity contribution in [2.24, 2.45) is 0 Å². The highest BCUT2D eigenvalue weighted by atomic mass is 16.2. The second-order valence-electron chi connectivity index (χ2n) is 10.9. The summed E-state index contributed by atoms with van der Waals surface area (Å²) in [5.74, 6) is -0.234. The van der Waals surface area contributed by atoms with Crippen LogP contribution in [0.1, 0.15) is 53.0 Å². The van der Waals surface area contributed by atoms with Gasteiger partial charge in [0.25, 0.3) is 5.91 Å². The van der Waals surface area contributed by atoms with Crippen LogP contribution in [0.25, 0.3) is 16.8 Å². The number of rotatable bonds is 8. The monoisotopic (exact) mass is 553 g/mol. The summed E-state index contributed by atoms with van der Waals surface area (Å²) in [5.41, 5.74) is 7.76. The lowest BCUT2D eigenvalue weighted by Gasteiger charge is -2.39. The van der Waals surface area contributed by atoms with Crippen molar-refractivity contribution >= 4 is 17.5 Å². The van der Waals surface area contributed by atoms with Crippen LogP contribution in [0.3, 0.4) is 0 Å². The minimum atomic E-state index is -0.309. The van der Waals surface area contributed by atoms with E-state index in [0.29, 0.717) is 12.1 Å². The van der Waals surface area contributed by atoms with Gasteiger partial charge >= 0.3 is 0 Å². The van der Waals surface area contributed by atoms with Crippen LogP contribution in [-0.2, 0) is 4.79 Å². The van der Waals surface area contributed by atoms with Gasteiger partial charge in [-0.25, -0.2) is 0 Å². The number of hydrogen-bond donors (Lipinski definition) is 0. The van der Waals surface area contributed by atoms with E-state index in [-0.39, 0.29) is 24.4 Å². The van der Waals surface area contributed by atoms with E-state index >= 15 is 0 Å². The third-order valence-electron chi connectivity index (χ3n) is 8.02. The predicted octanol–water partition coefficient (Wildman–Crippen LogP) is 7.83. The number of amides is 2. The summed E-state index contributed by atoms with van der Waals surface area (Å²) in [4.78, 5) is 31.9. The molecule has 0 bridgehead atoms. The molecule has 1 aromatic heterocycles. The Bertz CT molecular complexity index is 1690. The highest BCUT2D eigenvalue weighted by Gasteiger charge is 2.37. The number of aromatic nitrogens is 1. The molecule has 5 heteroatoms. The molecule has 0 saturated carbocycles.